The normalized spacial score (nSPS) is 33.9. The fourth-order valence-electron chi connectivity index (χ4n) is 7.27. The Morgan fingerprint density at radius 3 is 1.83 bits per heavy atom. The fraction of sp³-hybridized carbons (Fsp3) is 0.639. The van der Waals surface area contributed by atoms with Crippen molar-refractivity contribution >= 4 is 41.4 Å². The molecule has 3 fully saturated rings. The molecule has 59 heavy (non-hydrogen) atoms. The summed E-state index contributed by atoms with van der Waals surface area (Å²) in [7, 11) is 0. The molecule has 0 bridgehead atoms. The van der Waals surface area contributed by atoms with Crippen LogP contribution < -0.4 is 26.6 Å². The lowest BCUT2D eigenvalue weighted by molar-refractivity contribution is -0.148. The average molecular weight is 840 g/mol. The van der Waals surface area contributed by atoms with Crippen LogP contribution in [0.5, 0.6) is 5.75 Å². The fourth-order valence-corrected chi connectivity index (χ4v) is 7.27. The molecule has 15 atom stereocenters. The SMILES string of the molecule is CC(=O)N[C@H]1C[C@@H](O)[C@@H](O)NC(=O)[C@@H]2[C@H](O)[C@H](C)CN2C(=O)[C@H]([C@@H](C)O)NC(=O)[C@H]([C@H](O)[C@@H](O)c2ccc(O)cc2)NC(=O)[C@@H]2C[C@@H](O)CN2C(=O)[C@H]([C@@H](C)O)NC1=O. The second-order valence-electron chi connectivity index (χ2n) is 15.3. The maximum Gasteiger partial charge on any atom is 0.248 e. The van der Waals surface area contributed by atoms with E-state index < -0.39 is 152 Å². The summed E-state index contributed by atoms with van der Waals surface area (Å²) in [6.07, 6.45) is -16.3. The number of carbonyl (C=O) groups is 7. The predicted octanol–water partition coefficient (Wildman–Crippen LogP) is -7.12. The van der Waals surface area contributed by atoms with Crippen molar-refractivity contribution in [3.05, 3.63) is 29.8 Å². The van der Waals surface area contributed by atoms with E-state index in [4.69, 9.17) is 0 Å². The number of aromatic hydroxyl groups is 1. The van der Waals surface area contributed by atoms with Crippen molar-refractivity contribution in [2.24, 2.45) is 5.92 Å². The summed E-state index contributed by atoms with van der Waals surface area (Å²) in [6, 6.07) is -6.59. The van der Waals surface area contributed by atoms with E-state index in [1.165, 1.54) is 19.1 Å². The molecule has 3 aliphatic rings. The number of hydrogen-bond donors (Lipinski definition) is 14. The van der Waals surface area contributed by atoms with Gasteiger partial charge in [-0.2, -0.15) is 0 Å². The first kappa shape index (κ1) is 46.7. The highest BCUT2D eigenvalue weighted by atomic mass is 16.3. The number of nitrogens with one attached hydrogen (secondary N) is 5. The minimum absolute atomic E-state index is 0.0646. The van der Waals surface area contributed by atoms with Crippen LogP contribution in [0.4, 0.5) is 0 Å². The largest absolute Gasteiger partial charge is 0.508 e. The topological polar surface area (TPSA) is 368 Å². The lowest BCUT2D eigenvalue weighted by Gasteiger charge is -2.34. The Kier molecular flexibility index (Phi) is 15.3. The summed E-state index contributed by atoms with van der Waals surface area (Å²) in [5.74, 6) is -9.20. The number of rotatable bonds is 6. The van der Waals surface area contributed by atoms with Crippen molar-refractivity contribution < 1.29 is 79.5 Å². The van der Waals surface area contributed by atoms with Gasteiger partial charge in [-0.05, 0) is 31.5 Å². The molecular weight excluding hydrogens is 786 g/mol. The van der Waals surface area contributed by atoms with Gasteiger partial charge in [0.05, 0.1) is 24.4 Å². The summed E-state index contributed by atoms with van der Waals surface area (Å²) < 4.78 is 0. The Bertz CT molecular complexity index is 1730. The number of aliphatic hydroxyl groups is 8. The van der Waals surface area contributed by atoms with E-state index >= 15 is 0 Å². The zero-order valence-electron chi connectivity index (χ0n) is 32.6. The van der Waals surface area contributed by atoms with Crippen LogP contribution in [0.2, 0.25) is 0 Å². The summed E-state index contributed by atoms with van der Waals surface area (Å²) in [5.41, 5.74) is -0.0646. The van der Waals surface area contributed by atoms with Crippen LogP contribution in [-0.4, -0.2) is 189 Å². The molecule has 328 valence electrons. The van der Waals surface area contributed by atoms with E-state index in [0.717, 1.165) is 42.7 Å². The number of benzene rings is 1. The van der Waals surface area contributed by atoms with Crippen molar-refractivity contribution in [2.45, 2.75) is 126 Å². The molecule has 3 saturated heterocycles. The molecule has 0 spiro atoms. The predicted molar refractivity (Wildman–Crippen MR) is 197 cm³/mol. The van der Waals surface area contributed by atoms with Gasteiger partial charge in [-0.15, -0.1) is 0 Å². The first-order chi connectivity index (χ1) is 27.5. The van der Waals surface area contributed by atoms with Gasteiger partial charge in [-0.25, -0.2) is 0 Å². The molecule has 0 radical (unpaired) electrons. The number of amides is 7. The zero-order valence-corrected chi connectivity index (χ0v) is 32.6. The summed E-state index contributed by atoms with van der Waals surface area (Å²) in [5, 5.41) is 108. The monoisotopic (exact) mass is 839 g/mol. The highest BCUT2D eigenvalue weighted by Crippen LogP contribution is 2.27. The third-order valence-corrected chi connectivity index (χ3v) is 10.5. The lowest BCUT2D eigenvalue weighted by Crippen LogP contribution is -2.64. The molecule has 7 amide bonds. The second kappa shape index (κ2) is 19.4. The summed E-state index contributed by atoms with van der Waals surface area (Å²) in [4.78, 5) is 96.9. The van der Waals surface area contributed by atoms with E-state index in [9.17, 15) is 79.5 Å². The van der Waals surface area contributed by atoms with Crippen LogP contribution >= 0.6 is 0 Å². The smallest absolute Gasteiger partial charge is 0.248 e. The number of aliphatic hydroxyl groups excluding tert-OH is 8. The van der Waals surface area contributed by atoms with E-state index in [-0.39, 0.29) is 17.9 Å². The molecule has 23 heteroatoms. The Labute approximate surface area is 337 Å². The van der Waals surface area contributed by atoms with Gasteiger partial charge in [0, 0.05) is 38.8 Å². The second-order valence-corrected chi connectivity index (χ2v) is 15.3. The Balaban J connectivity index is 1.83. The molecule has 0 saturated carbocycles. The molecule has 3 aliphatic heterocycles. The zero-order chi connectivity index (χ0) is 44.2. The van der Waals surface area contributed by atoms with Crippen molar-refractivity contribution in [1.29, 1.82) is 0 Å². The van der Waals surface area contributed by atoms with Gasteiger partial charge in [0.15, 0.2) is 6.23 Å². The Hall–Kier alpha value is -5.01. The highest BCUT2D eigenvalue weighted by Gasteiger charge is 2.50. The average Bonchev–Trinajstić information content (AvgIpc) is 3.70. The lowest BCUT2D eigenvalue weighted by atomic mass is 9.96. The molecule has 3 heterocycles. The van der Waals surface area contributed by atoms with Gasteiger partial charge in [-0.3, -0.25) is 33.6 Å². The third kappa shape index (κ3) is 10.8. The van der Waals surface area contributed by atoms with Crippen LogP contribution in [0, 0.1) is 5.92 Å². The van der Waals surface area contributed by atoms with Crippen LogP contribution in [-0.2, 0) is 33.6 Å². The Morgan fingerprint density at radius 2 is 1.27 bits per heavy atom. The van der Waals surface area contributed by atoms with Gasteiger partial charge in [0.1, 0.15) is 60.3 Å². The quantitative estimate of drug-likeness (QED) is 0.127. The van der Waals surface area contributed by atoms with Gasteiger partial charge in [-0.1, -0.05) is 19.1 Å². The van der Waals surface area contributed by atoms with Crippen molar-refractivity contribution in [1.82, 2.24) is 36.4 Å². The molecule has 4 rings (SSSR count). The van der Waals surface area contributed by atoms with Crippen LogP contribution in [0.15, 0.2) is 24.3 Å². The molecule has 0 unspecified atom stereocenters. The third-order valence-electron chi connectivity index (χ3n) is 10.5. The molecular formula is C36H53N7O16. The molecule has 1 aromatic carbocycles. The van der Waals surface area contributed by atoms with Gasteiger partial charge < -0.3 is 82.3 Å². The van der Waals surface area contributed by atoms with Crippen LogP contribution in [0.25, 0.3) is 0 Å². The number of fused-ring (bicyclic) bond motifs is 2. The standard InChI is InChI=1S/C36H53N7O16/c1-13-11-43-26(27(13)50)34(57)41-32(55)22(49)10-20(37-16(4)46)30(53)38-23(14(2)44)35(58)42-12-19(48)9-21(42)31(54)40-25(33(56)39-24(15(3)45)36(43)59)29(52)28(51)17-5-7-18(47)8-6-17/h5-8,13-15,19-29,32,44-45,47-52,55H,9-12H2,1-4H3,(H,37,46)(H,38,53)(H,39,56)(H,40,54)(H,41,57)/t13-,14-,15-,19-,20+,21+,22-,23+,24+,25+,26+,27-,28+,29+,32-/m1/s1. The minimum Gasteiger partial charge on any atom is -0.508 e. The Morgan fingerprint density at radius 1 is 0.729 bits per heavy atom. The first-order valence-corrected chi connectivity index (χ1v) is 18.9. The molecule has 0 aromatic heterocycles. The number of phenolic OH excluding ortho intramolecular Hbond substituents is 1. The maximum absolute atomic E-state index is 14.1. The van der Waals surface area contributed by atoms with E-state index in [2.05, 4.69) is 21.3 Å². The van der Waals surface area contributed by atoms with Crippen molar-refractivity contribution in [2.75, 3.05) is 13.1 Å². The summed E-state index contributed by atoms with van der Waals surface area (Å²) in [6.45, 7) is 3.74. The van der Waals surface area contributed by atoms with Crippen molar-refractivity contribution in [3.63, 3.8) is 0 Å². The number of phenols is 1. The summed E-state index contributed by atoms with van der Waals surface area (Å²) >= 11 is 0. The maximum atomic E-state index is 14.1. The molecule has 1 aromatic rings. The van der Waals surface area contributed by atoms with E-state index in [1.54, 1.807) is 0 Å². The van der Waals surface area contributed by atoms with E-state index in [0.29, 0.717) is 0 Å². The molecule has 0 aliphatic carbocycles. The van der Waals surface area contributed by atoms with Gasteiger partial charge in [0.2, 0.25) is 41.4 Å². The first-order valence-electron chi connectivity index (χ1n) is 18.9. The number of carbonyl (C=O) groups excluding carboxylic acids is 7. The van der Waals surface area contributed by atoms with E-state index in [1.807, 2.05) is 5.32 Å². The van der Waals surface area contributed by atoms with Crippen LogP contribution in [0.1, 0.15) is 52.2 Å². The number of nitrogens with zero attached hydrogens (tertiary/aromatic N) is 2. The van der Waals surface area contributed by atoms with Gasteiger partial charge >= 0.3 is 0 Å². The molecule has 14 N–H and O–H groups in total. The number of hydrogen-bond acceptors (Lipinski definition) is 16. The highest BCUT2D eigenvalue weighted by molar-refractivity contribution is 5.98. The van der Waals surface area contributed by atoms with Crippen molar-refractivity contribution in [3.8, 4) is 5.75 Å². The molecule has 23 nitrogen and oxygen atoms in total. The minimum atomic E-state index is -2.26. The van der Waals surface area contributed by atoms with Gasteiger partial charge in [0.25, 0.3) is 0 Å². The van der Waals surface area contributed by atoms with Crippen LogP contribution in [0.3, 0.4) is 0 Å².